The molecule has 6 heteroatoms. The lowest BCUT2D eigenvalue weighted by molar-refractivity contribution is -0.0737. The molecule has 6 nitrogen and oxygen atoms in total. The summed E-state index contributed by atoms with van der Waals surface area (Å²) >= 11 is 0. The molecule has 5 rings (SSSR count). The molecular weight excluding hydrogens is 548 g/mol. The van der Waals surface area contributed by atoms with Crippen LogP contribution in [0.4, 0.5) is 0 Å². The Labute approximate surface area is 273 Å². The van der Waals surface area contributed by atoms with Gasteiger partial charge in [0.25, 0.3) is 0 Å². The van der Waals surface area contributed by atoms with Crippen LogP contribution in [0.15, 0.2) is 0 Å². The summed E-state index contributed by atoms with van der Waals surface area (Å²) in [6.45, 7) is 21.8. The number of nitrogens with zero attached hydrogens (tertiary/aromatic N) is 1. The molecule has 260 valence electrons. The summed E-state index contributed by atoms with van der Waals surface area (Å²) in [4.78, 5) is 2.42. The minimum atomic E-state index is -0.330. The number of hydrogen-bond acceptors (Lipinski definition) is 6. The zero-order valence-corrected chi connectivity index (χ0v) is 29.9. The molecule has 3 heterocycles. The van der Waals surface area contributed by atoms with Crippen molar-refractivity contribution < 1.29 is 19.3 Å². The van der Waals surface area contributed by atoms with Gasteiger partial charge in [-0.3, -0.25) is 0 Å². The van der Waals surface area contributed by atoms with Gasteiger partial charge in [0, 0.05) is 6.54 Å². The molecule has 0 aromatic heterocycles. The molecule has 0 spiro atoms. The summed E-state index contributed by atoms with van der Waals surface area (Å²) in [5.41, 5.74) is 0. The topological polar surface area (TPSA) is 66.5 Å². The summed E-state index contributed by atoms with van der Waals surface area (Å²) in [6.07, 6.45) is 19.6. The highest BCUT2D eigenvalue weighted by Crippen LogP contribution is 2.36. The Morgan fingerprint density at radius 3 is 1.73 bits per heavy atom. The predicted octanol–water partition coefficient (Wildman–Crippen LogP) is 7.71. The summed E-state index contributed by atoms with van der Waals surface area (Å²) in [6, 6.07) is 0. The molecule has 44 heavy (non-hydrogen) atoms. The Hall–Kier alpha value is -0.240. The van der Waals surface area contributed by atoms with Crippen LogP contribution in [-0.2, 0) is 14.2 Å². The first-order chi connectivity index (χ1) is 21.2. The number of epoxide rings is 1. The number of β-amino-alcohol motifs (C(OH)–C–C–N with tert-alkyl or cyclic N) is 1. The van der Waals surface area contributed by atoms with Crippen molar-refractivity contribution in [1.82, 2.24) is 10.2 Å². The second kappa shape index (κ2) is 21.6. The summed E-state index contributed by atoms with van der Waals surface area (Å²) in [7, 11) is 0. The van der Waals surface area contributed by atoms with E-state index in [0.717, 1.165) is 56.5 Å². The first kappa shape index (κ1) is 38.2. The molecule has 0 aromatic carbocycles. The smallest absolute Gasteiger partial charge is 0.104 e. The van der Waals surface area contributed by atoms with Crippen molar-refractivity contribution in [3.8, 4) is 0 Å². The van der Waals surface area contributed by atoms with Crippen molar-refractivity contribution in [2.45, 2.75) is 156 Å². The third-order valence-electron chi connectivity index (χ3n) is 10.9. The summed E-state index contributed by atoms with van der Waals surface area (Å²) in [5.74, 6) is 4.47. The van der Waals surface area contributed by atoms with Crippen molar-refractivity contribution in [2.24, 2.45) is 35.5 Å². The minimum absolute atomic E-state index is 0.330. The van der Waals surface area contributed by atoms with Crippen molar-refractivity contribution in [1.29, 1.82) is 0 Å². The molecule has 0 radical (unpaired) electrons. The summed E-state index contributed by atoms with van der Waals surface area (Å²) in [5, 5.41) is 13.7. The van der Waals surface area contributed by atoms with E-state index in [9.17, 15) is 5.11 Å². The van der Waals surface area contributed by atoms with Crippen LogP contribution in [0.1, 0.15) is 131 Å². The summed E-state index contributed by atoms with van der Waals surface area (Å²) < 4.78 is 17.4. The third kappa shape index (κ3) is 15.6. The number of aliphatic hydroxyl groups excluding tert-OH is 1. The highest BCUT2D eigenvalue weighted by molar-refractivity contribution is 4.83. The fourth-order valence-corrected chi connectivity index (χ4v) is 7.89. The van der Waals surface area contributed by atoms with Crippen LogP contribution in [0.3, 0.4) is 0 Å². The average molecular weight is 623 g/mol. The highest BCUT2D eigenvalue weighted by atomic mass is 16.6. The molecule has 2 saturated carbocycles. The molecule has 0 bridgehead atoms. The maximum atomic E-state index is 10.3. The fraction of sp³-hybridized carbons (Fsp3) is 1.00. The zero-order chi connectivity index (χ0) is 31.7. The van der Waals surface area contributed by atoms with Gasteiger partial charge in [0.15, 0.2) is 0 Å². The number of likely N-dealkylation sites (tertiary alicyclic amines) is 1. The van der Waals surface area contributed by atoms with E-state index in [-0.39, 0.29) is 6.10 Å². The fourth-order valence-electron chi connectivity index (χ4n) is 7.89. The van der Waals surface area contributed by atoms with Gasteiger partial charge in [-0.05, 0) is 113 Å². The van der Waals surface area contributed by atoms with Crippen LogP contribution < -0.4 is 5.32 Å². The van der Waals surface area contributed by atoms with Gasteiger partial charge in [-0.2, -0.15) is 0 Å². The van der Waals surface area contributed by atoms with Gasteiger partial charge >= 0.3 is 0 Å². The van der Waals surface area contributed by atoms with Gasteiger partial charge in [0.05, 0.1) is 38.1 Å². The van der Waals surface area contributed by atoms with Crippen LogP contribution in [-0.4, -0.2) is 87.0 Å². The van der Waals surface area contributed by atoms with E-state index < -0.39 is 0 Å². The molecule has 5 fully saturated rings. The highest BCUT2D eigenvalue weighted by Gasteiger charge is 2.34. The van der Waals surface area contributed by atoms with Gasteiger partial charge in [-0.25, -0.2) is 0 Å². The van der Waals surface area contributed by atoms with Crippen LogP contribution in [0.25, 0.3) is 0 Å². The Morgan fingerprint density at radius 2 is 1.23 bits per heavy atom. The molecule has 0 aromatic rings. The van der Waals surface area contributed by atoms with Gasteiger partial charge in [-0.15, -0.1) is 0 Å². The van der Waals surface area contributed by atoms with Crippen LogP contribution >= 0.6 is 0 Å². The lowest BCUT2D eigenvalue weighted by Gasteiger charge is -2.37. The number of nitrogens with one attached hydrogen (secondary N) is 1. The molecule has 3 saturated heterocycles. The van der Waals surface area contributed by atoms with Gasteiger partial charge in [0.2, 0.25) is 0 Å². The maximum Gasteiger partial charge on any atom is 0.104 e. The number of ether oxygens (including phenoxy) is 3. The number of rotatable bonds is 10. The van der Waals surface area contributed by atoms with E-state index in [4.69, 9.17) is 14.2 Å². The average Bonchev–Trinajstić information content (AvgIpc) is 3.85. The van der Waals surface area contributed by atoms with Crippen molar-refractivity contribution >= 4 is 0 Å². The molecular formula is C38H74N2O4. The number of aliphatic hydroxyl groups is 1. The Morgan fingerprint density at radius 1 is 0.727 bits per heavy atom. The van der Waals surface area contributed by atoms with Gasteiger partial charge < -0.3 is 29.5 Å². The molecule has 0 amide bonds. The van der Waals surface area contributed by atoms with E-state index in [0.29, 0.717) is 36.8 Å². The largest absolute Gasteiger partial charge is 0.389 e. The monoisotopic (exact) mass is 623 g/mol. The Kier molecular flexibility index (Phi) is 18.8. The third-order valence-corrected chi connectivity index (χ3v) is 10.9. The first-order valence-electron chi connectivity index (χ1n) is 19.2. The van der Waals surface area contributed by atoms with Crippen LogP contribution in [0.5, 0.6) is 0 Å². The lowest BCUT2D eigenvalue weighted by Crippen LogP contribution is -2.39. The van der Waals surface area contributed by atoms with Crippen molar-refractivity contribution in [3.05, 3.63) is 0 Å². The number of hydrogen-bond donors (Lipinski definition) is 2. The molecule has 5 aliphatic rings. The van der Waals surface area contributed by atoms with Crippen molar-refractivity contribution in [2.75, 3.05) is 52.5 Å². The van der Waals surface area contributed by atoms with Crippen molar-refractivity contribution in [3.63, 3.8) is 0 Å². The van der Waals surface area contributed by atoms with E-state index in [1.54, 1.807) is 0 Å². The van der Waals surface area contributed by atoms with Crippen LogP contribution in [0.2, 0.25) is 0 Å². The molecule has 2 N–H and O–H groups in total. The normalized spacial score (nSPS) is 34.2. The maximum absolute atomic E-state index is 10.3. The van der Waals surface area contributed by atoms with Gasteiger partial charge in [-0.1, -0.05) is 80.1 Å². The minimum Gasteiger partial charge on any atom is -0.389 e. The molecule has 8 atom stereocenters. The predicted molar refractivity (Wildman–Crippen MR) is 184 cm³/mol. The van der Waals surface area contributed by atoms with E-state index in [1.807, 2.05) is 0 Å². The van der Waals surface area contributed by atoms with Crippen LogP contribution in [0, 0.1) is 35.5 Å². The molecule has 3 aliphatic heterocycles. The Bertz CT molecular complexity index is 689. The second-order valence-corrected chi connectivity index (χ2v) is 15.9. The molecule has 2 aliphatic carbocycles. The molecule has 8 unspecified atom stereocenters. The lowest BCUT2D eigenvalue weighted by atomic mass is 9.75. The zero-order valence-electron chi connectivity index (χ0n) is 29.9. The first-order valence-corrected chi connectivity index (χ1v) is 19.2. The quantitative estimate of drug-likeness (QED) is 0.243. The van der Waals surface area contributed by atoms with Gasteiger partial charge in [0.1, 0.15) is 6.10 Å². The standard InChI is InChI=1S/C19H37NO2.C13H24O2.C6H13N/c1-15(2)18-9-8-16(3)12-19(18)22-14-17(21)13-20-10-6-4-5-7-11-20;1-9(2)12-5-4-10(3)6-13(12)15-8-11-7-14-11;1-2-4-6-7-5-3-1/h15-19,21H,4-14H2,1-3H3;9-13H,4-8H2,1-3H3;7H,1-6H2. The SMILES string of the molecule is C1CCCNCC1.CC1CCC(C(C)C)C(OCC(O)CN2CCCCCC2)C1.CC1CCC(C(C)C)C(OCC2CO2)C1. The Balaban J connectivity index is 0.000000205. The second-order valence-electron chi connectivity index (χ2n) is 15.9. The van der Waals surface area contributed by atoms with E-state index in [1.165, 1.54) is 103 Å². The van der Waals surface area contributed by atoms with E-state index in [2.05, 4.69) is 51.8 Å². The van der Waals surface area contributed by atoms with E-state index >= 15 is 0 Å².